The highest BCUT2D eigenvalue weighted by Crippen LogP contribution is 2.18. The molecule has 0 saturated carbocycles. The highest BCUT2D eigenvalue weighted by atomic mass is 32.2. The van der Waals surface area contributed by atoms with Crippen LogP contribution < -0.4 is 10.5 Å². The number of nitrogens with zero attached hydrogens (tertiary/aromatic N) is 2. The smallest absolute Gasteiger partial charge is 0.279 e. The molecule has 0 spiro atoms. The molecular formula is C14H16N4O2S. The molecule has 1 aromatic carbocycles. The largest absolute Gasteiger partial charge is 0.320 e. The molecule has 21 heavy (non-hydrogen) atoms. The Kier molecular flexibility index (Phi) is 4.31. The Hall–Kier alpha value is -2.30. The molecule has 0 radical (unpaired) electrons. The molecule has 3 N–H and O–H groups in total. The summed E-state index contributed by atoms with van der Waals surface area (Å²) in [4.78, 5) is 0. The fraction of sp³-hybridized carbons (Fsp3) is 0.214. The van der Waals surface area contributed by atoms with Crippen molar-refractivity contribution in [2.75, 3.05) is 11.3 Å². The lowest BCUT2D eigenvalue weighted by atomic mass is 10.1. The first-order chi connectivity index (χ1) is 9.92. The van der Waals surface area contributed by atoms with Crippen LogP contribution in [-0.4, -0.2) is 24.7 Å². The number of aryl methyl sites for hydroxylation is 2. The summed E-state index contributed by atoms with van der Waals surface area (Å²) >= 11 is 0. The molecule has 110 valence electrons. The maximum atomic E-state index is 12.3. The molecule has 0 amide bonds. The monoisotopic (exact) mass is 304 g/mol. The summed E-state index contributed by atoms with van der Waals surface area (Å²) in [5.74, 6) is 5.64. The van der Waals surface area contributed by atoms with Crippen LogP contribution in [0, 0.1) is 18.8 Å². The second-order valence-electron chi connectivity index (χ2n) is 4.49. The lowest BCUT2D eigenvalue weighted by Crippen LogP contribution is -2.16. The molecule has 2 aromatic rings. The summed E-state index contributed by atoms with van der Waals surface area (Å²) in [6.45, 7) is 2.12. The molecule has 0 unspecified atom stereocenters. The second-order valence-corrected chi connectivity index (χ2v) is 6.12. The van der Waals surface area contributed by atoms with E-state index < -0.39 is 10.0 Å². The third-order valence-corrected chi connectivity index (χ3v) is 4.17. The van der Waals surface area contributed by atoms with Gasteiger partial charge in [-0.3, -0.25) is 9.40 Å². The Bertz CT molecular complexity index is 813. The van der Waals surface area contributed by atoms with Crippen molar-refractivity contribution < 1.29 is 8.42 Å². The van der Waals surface area contributed by atoms with E-state index in [1.807, 2.05) is 13.0 Å². The van der Waals surface area contributed by atoms with Gasteiger partial charge in [0.1, 0.15) is 0 Å². The van der Waals surface area contributed by atoms with Gasteiger partial charge in [0.25, 0.3) is 10.0 Å². The van der Waals surface area contributed by atoms with Gasteiger partial charge in [-0.15, -0.1) is 0 Å². The van der Waals surface area contributed by atoms with Gasteiger partial charge in [-0.25, -0.2) is 0 Å². The SMILES string of the molecule is Cc1cc(C#CCN)cc(NS(=O)(=O)c2ccnn2C)c1. The van der Waals surface area contributed by atoms with Crippen LogP contribution >= 0.6 is 0 Å². The van der Waals surface area contributed by atoms with E-state index in [0.29, 0.717) is 11.3 Å². The molecule has 1 heterocycles. The Morgan fingerprint density at radius 2 is 2.14 bits per heavy atom. The molecule has 6 nitrogen and oxygen atoms in total. The predicted octanol–water partition coefficient (Wildman–Crippen LogP) is 0.840. The van der Waals surface area contributed by atoms with Gasteiger partial charge >= 0.3 is 0 Å². The fourth-order valence-electron chi connectivity index (χ4n) is 1.90. The highest BCUT2D eigenvalue weighted by Gasteiger charge is 2.18. The zero-order valence-corrected chi connectivity index (χ0v) is 12.6. The summed E-state index contributed by atoms with van der Waals surface area (Å²) in [6.07, 6.45) is 1.43. The summed E-state index contributed by atoms with van der Waals surface area (Å²) < 4.78 is 28.4. The van der Waals surface area contributed by atoms with Gasteiger partial charge in [0.15, 0.2) is 5.03 Å². The quantitative estimate of drug-likeness (QED) is 0.822. The van der Waals surface area contributed by atoms with Crippen molar-refractivity contribution >= 4 is 15.7 Å². The van der Waals surface area contributed by atoms with Crippen LogP contribution in [0.2, 0.25) is 0 Å². The van der Waals surface area contributed by atoms with Crippen LogP contribution in [0.5, 0.6) is 0 Å². The number of hydrogen-bond acceptors (Lipinski definition) is 4. The van der Waals surface area contributed by atoms with Crippen molar-refractivity contribution in [1.82, 2.24) is 9.78 Å². The molecule has 7 heteroatoms. The predicted molar refractivity (Wildman–Crippen MR) is 81.1 cm³/mol. The van der Waals surface area contributed by atoms with Gasteiger partial charge < -0.3 is 5.73 Å². The van der Waals surface area contributed by atoms with E-state index >= 15 is 0 Å². The number of anilines is 1. The van der Waals surface area contributed by atoms with Crippen LogP contribution in [0.3, 0.4) is 0 Å². The molecule has 0 atom stereocenters. The summed E-state index contributed by atoms with van der Waals surface area (Å²) in [5, 5.41) is 3.96. The minimum Gasteiger partial charge on any atom is -0.320 e. The fourth-order valence-corrected chi connectivity index (χ4v) is 3.07. The number of benzene rings is 1. The number of rotatable bonds is 3. The Balaban J connectivity index is 2.36. The Morgan fingerprint density at radius 1 is 1.38 bits per heavy atom. The number of hydrogen-bond donors (Lipinski definition) is 2. The van der Waals surface area contributed by atoms with Gasteiger partial charge in [0, 0.05) is 12.6 Å². The molecule has 0 fully saturated rings. The first-order valence-electron chi connectivity index (χ1n) is 6.24. The van der Waals surface area contributed by atoms with E-state index in [0.717, 1.165) is 5.56 Å². The Labute approximate surface area is 124 Å². The van der Waals surface area contributed by atoms with Crippen molar-refractivity contribution in [1.29, 1.82) is 0 Å². The molecule has 0 aliphatic carbocycles. The van der Waals surface area contributed by atoms with Crippen LogP contribution in [0.15, 0.2) is 35.5 Å². The van der Waals surface area contributed by atoms with Crippen molar-refractivity contribution in [2.24, 2.45) is 12.8 Å². The van der Waals surface area contributed by atoms with Crippen molar-refractivity contribution in [3.05, 3.63) is 41.6 Å². The van der Waals surface area contributed by atoms with E-state index in [1.54, 1.807) is 19.2 Å². The molecule has 2 rings (SSSR count). The zero-order chi connectivity index (χ0) is 15.5. The van der Waals surface area contributed by atoms with Crippen LogP contribution in [0.4, 0.5) is 5.69 Å². The number of nitrogens with one attached hydrogen (secondary N) is 1. The third kappa shape index (κ3) is 3.62. The highest BCUT2D eigenvalue weighted by molar-refractivity contribution is 7.92. The number of sulfonamides is 1. The van der Waals surface area contributed by atoms with Crippen LogP contribution in [0.1, 0.15) is 11.1 Å². The van der Waals surface area contributed by atoms with Crippen molar-refractivity contribution in [3.8, 4) is 11.8 Å². The standard InChI is InChI=1S/C14H16N4O2S/c1-11-8-12(4-3-6-15)10-13(9-11)17-21(19,20)14-5-7-16-18(14)2/h5,7-10,17H,6,15H2,1-2H3. The topological polar surface area (TPSA) is 90.0 Å². The molecule has 1 aromatic heterocycles. The van der Waals surface area contributed by atoms with E-state index in [9.17, 15) is 8.42 Å². The summed E-state index contributed by atoms with van der Waals surface area (Å²) in [6, 6.07) is 6.71. The van der Waals surface area contributed by atoms with Crippen LogP contribution in [-0.2, 0) is 17.1 Å². The lowest BCUT2D eigenvalue weighted by Gasteiger charge is -2.09. The molecule has 0 bridgehead atoms. The molecule has 0 saturated heterocycles. The average molecular weight is 304 g/mol. The minimum atomic E-state index is -3.68. The second kappa shape index (κ2) is 5.99. The van der Waals surface area contributed by atoms with E-state index in [2.05, 4.69) is 21.7 Å². The molecule has 0 aliphatic heterocycles. The van der Waals surface area contributed by atoms with Gasteiger partial charge in [-0.2, -0.15) is 13.5 Å². The molecular weight excluding hydrogens is 288 g/mol. The van der Waals surface area contributed by atoms with E-state index in [-0.39, 0.29) is 11.6 Å². The normalized spacial score (nSPS) is 10.8. The first kappa shape index (κ1) is 15.1. The third-order valence-electron chi connectivity index (χ3n) is 2.72. The summed E-state index contributed by atoms with van der Waals surface area (Å²) in [7, 11) is -2.10. The van der Waals surface area contributed by atoms with Gasteiger partial charge in [-0.05, 0) is 36.8 Å². The summed E-state index contributed by atoms with van der Waals surface area (Å²) in [5.41, 5.74) is 7.41. The van der Waals surface area contributed by atoms with E-state index in [4.69, 9.17) is 5.73 Å². The zero-order valence-electron chi connectivity index (χ0n) is 11.8. The Morgan fingerprint density at radius 3 is 2.76 bits per heavy atom. The number of aromatic nitrogens is 2. The van der Waals surface area contributed by atoms with Crippen LogP contribution in [0.25, 0.3) is 0 Å². The van der Waals surface area contributed by atoms with Crippen molar-refractivity contribution in [3.63, 3.8) is 0 Å². The maximum Gasteiger partial charge on any atom is 0.279 e. The van der Waals surface area contributed by atoms with Gasteiger partial charge in [0.2, 0.25) is 0 Å². The van der Waals surface area contributed by atoms with Gasteiger partial charge in [0.05, 0.1) is 18.4 Å². The first-order valence-corrected chi connectivity index (χ1v) is 7.72. The number of nitrogens with two attached hydrogens (primary N) is 1. The average Bonchev–Trinajstić information content (AvgIpc) is 2.82. The minimum absolute atomic E-state index is 0.0959. The van der Waals surface area contributed by atoms with Crippen molar-refractivity contribution in [2.45, 2.75) is 11.9 Å². The maximum absolute atomic E-state index is 12.3. The molecule has 0 aliphatic rings. The van der Waals surface area contributed by atoms with E-state index in [1.165, 1.54) is 16.9 Å². The van der Waals surface area contributed by atoms with Gasteiger partial charge in [-0.1, -0.05) is 11.8 Å². The lowest BCUT2D eigenvalue weighted by molar-refractivity contribution is 0.582.